The summed E-state index contributed by atoms with van der Waals surface area (Å²) in [7, 11) is 0. The van der Waals surface area contributed by atoms with Crippen molar-refractivity contribution >= 4 is 35.9 Å². The summed E-state index contributed by atoms with van der Waals surface area (Å²) in [4.78, 5) is 73.8. The first-order valence-corrected chi connectivity index (χ1v) is 16.7. The fourth-order valence-corrected chi connectivity index (χ4v) is 4.28. The number of hydrogen-bond acceptors (Lipinski definition) is 10. The Morgan fingerprint density at radius 1 is 0.479 bits per heavy atom. The molecule has 0 unspecified atom stereocenters. The van der Waals surface area contributed by atoms with E-state index in [2.05, 4.69) is 21.3 Å². The molecule has 0 heterocycles. The standard InChI is InChI=1S/C32H60N6O10/c1-31(2,3)47-29(45)35-17-13-9-7-11-15-33-25(39)21-37(23-27(41)42)19-20-38(24-28(43)44)22-26(40)34-16-12-8-10-14-18-36-30(46)48-32(4,5)6/h7-24H2,1-6H3,(H,33,39)(H,34,40)(H,35,45)(H,36,46)(H,41,42)(H,43,44). The Morgan fingerprint density at radius 2 is 0.771 bits per heavy atom. The molecular formula is C32H60N6O10. The monoisotopic (exact) mass is 688 g/mol. The second kappa shape index (κ2) is 24.5. The molecule has 48 heavy (non-hydrogen) atoms. The first kappa shape index (κ1) is 44.3. The smallest absolute Gasteiger partial charge is 0.407 e. The van der Waals surface area contributed by atoms with E-state index in [1.54, 1.807) is 41.5 Å². The summed E-state index contributed by atoms with van der Waals surface area (Å²) in [6, 6.07) is 0. The summed E-state index contributed by atoms with van der Waals surface area (Å²) < 4.78 is 10.4. The van der Waals surface area contributed by atoms with Crippen LogP contribution in [-0.4, -0.2) is 133 Å². The highest BCUT2D eigenvalue weighted by atomic mass is 16.6. The van der Waals surface area contributed by atoms with Gasteiger partial charge in [0.25, 0.3) is 0 Å². The molecule has 0 aliphatic heterocycles. The van der Waals surface area contributed by atoms with Crippen LogP contribution in [0.5, 0.6) is 0 Å². The Bertz CT molecular complexity index is 919. The van der Waals surface area contributed by atoms with Crippen LogP contribution in [0.2, 0.25) is 0 Å². The zero-order valence-electron chi connectivity index (χ0n) is 29.8. The predicted molar refractivity (Wildman–Crippen MR) is 180 cm³/mol. The Labute approximate surface area is 285 Å². The van der Waals surface area contributed by atoms with Crippen LogP contribution < -0.4 is 21.3 Å². The van der Waals surface area contributed by atoms with E-state index in [0.29, 0.717) is 39.0 Å². The number of amides is 4. The molecule has 0 aromatic rings. The van der Waals surface area contributed by atoms with E-state index < -0.39 is 48.4 Å². The van der Waals surface area contributed by atoms with Gasteiger partial charge in [-0.2, -0.15) is 0 Å². The highest BCUT2D eigenvalue weighted by molar-refractivity contribution is 5.79. The molecule has 16 heteroatoms. The molecule has 0 saturated carbocycles. The summed E-state index contributed by atoms with van der Waals surface area (Å²) in [5, 5.41) is 29.6. The Kier molecular flexibility index (Phi) is 22.6. The van der Waals surface area contributed by atoms with E-state index in [1.807, 2.05) is 0 Å². The molecule has 0 atom stereocenters. The maximum absolute atomic E-state index is 12.5. The summed E-state index contributed by atoms with van der Waals surface area (Å²) in [6.07, 6.45) is 5.39. The quantitative estimate of drug-likeness (QED) is 0.0761. The summed E-state index contributed by atoms with van der Waals surface area (Å²) in [5.41, 5.74) is -1.10. The average molecular weight is 689 g/mol. The molecular weight excluding hydrogens is 628 g/mol. The number of rotatable bonds is 25. The van der Waals surface area contributed by atoms with Crippen molar-refractivity contribution in [2.75, 3.05) is 65.4 Å². The minimum atomic E-state index is -1.13. The number of aliphatic carboxylic acids is 2. The number of carboxylic acid groups (broad SMARTS) is 2. The van der Waals surface area contributed by atoms with Gasteiger partial charge in [0.1, 0.15) is 11.2 Å². The topological polar surface area (TPSA) is 216 Å². The molecule has 0 aliphatic carbocycles. The molecule has 4 amide bonds. The zero-order chi connectivity index (χ0) is 36.6. The Balaban J connectivity index is 4.38. The fraction of sp³-hybridized carbons (Fsp3) is 0.812. The highest BCUT2D eigenvalue weighted by Crippen LogP contribution is 2.08. The van der Waals surface area contributed by atoms with Crippen molar-refractivity contribution < 1.29 is 48.5 Å². The number of carboxylic acids is 2. The number of unbranched alkanes of at least 4 members (excludes halogenated alkanes) is 6. The van der Waals surface area contributed by atoms with Gasteiger partial charge in [-0.05, 0) is 67.2 Å². The van der Waals surface area contributed by atoms with Crippen molar-refractivity contribution in [1.82, 2.24) is 31.1 Å². The van der Waals surface area contributed by atoms with Crippen LogP contribution in [0.25, 0.3) is 0 Å². The SMILES string of the molecule is CC(C)(C)OC(=O)NCCCCCCNC(=O)CN(CCN(CC(=O)O)CC(=O)NCCCCCCNC(=O)OC(C)(C)C)CC(=O)O. The highest BCUT2D eigenvalue weighted by Gasteiger charge is 2.19. The van der Waals surface area contributed by atoms with Crippen molar-refractivity contribution in [3.63, 3.8) is 0 Å². The fourth-order valence-electron chi connectivity index (χ4n) is 4.28. The van der Waals surface area contributed by atoms with Gasteiger partial charge < -0.3 is 41.0 Å². The van der Waals surface area contributed by atoms with Gasteiger partial charge in [0.15, 0.2) is 0 Å². The lowest BCUT2D eigenvalue weighted by Gasteiger charge is -2.25. The van der Waals surface area contributed by atoms with Crippen molar-refractivity contribution in [1.29, 1.82) is 0 Å². The lowest BCUT2D eigenvalue weighted by Crippen LogP contribution is -2.46. The maximum atomic E-state index is 12.5. The lowest BCUT2D eigenvalue weighted by atomic mass is 10.2. The molecule has 0 bridgehead atoms. The number of alkyl carbamates (subject to hydrolysis) is 2. The van der Waals surface area contributed by atoms with Gasteiger partial charge in [-0.25, -0.2) is 9.59 Å². The molecule has 0 radical (unpaired) electrons. The summed E-state index contributed by atoms with van der Waals surface area (Å²) >= 11 is 0. The van der Waals surface area contributed by atoms with Crippen LogP contribution in [0.4, 0.5) is 9.59 Å². The van der Waals surface area contributed by atoms with E-state index in [4.69, 9.17) is 9.47 Å². The van der Waals surface area contributed by atoms with Gasteiger partial charge in [-0.1, -0.05) is 25.7 Å². The van der Waals surface area contributed by atoms with Crippen LogP contribution in [0.1, 0.15) is 92.9 Å². The van der Waals surface area contributed by atoms with E-state index in [1.165, 1.54) is 9.80 Å². The van der Waals surface area contributed by atoms with Crippen molar-refractivity contribution in [3.05, 3.63) is 0 Å². The Morgan fingerprint density at radius 3 is 1.04 bits per heavy atom. The van der Waals surface area contributed by atoms with E-state index in [0.717, 1.165) is 38.5 Å². The lowest BCUT2D eigenvalue weighted by molar-refractivity contribution is -0.141. The van der Waals surface area contributed by atoms with Gasteiger partial charge in [-0.15, -0.1) is 0 Å². The summed E-state index contributed by atoms with van der Waals surface area (Å²) in [6.45, 7) is 11.5. The van der Waals surface area contributed by atoms with Gasteiger partial charge in [0, 0.05) is 39.3 Å². The van der Waals surface area contributed by atoms with Gasteiger partial charge in [0.2, 0.25) is 11.8 Å². The van der Waals surface area contributed by atoms with Crippen molar-refractivity contribution in [2.24, 2.45) is 0 Å². The molecule has 0 aromatic carbocycles. The van der Waals surface area contributed by atoms with E-state index in [-0.39, 0.29) is 38.0 Å². The molecule has 16 nitrogen and oxygen atoms in total. The van der Waals surface area contributed by atoms with E-state index in [9.17, 15) is 39.0 Å². The molecule has 0 saturated heterocycles. The van der Waals surface area contributed by atoms with Crippen LogP contribution in [0.3, 0.4) is 0 Å². The third-order valence-electron chi connectivity index (χ3n) is 6.37. The largest absolute Gasteiger partial charge is 0.480 e. The molecule has 0 aliphatic rings. The van der Waals surface area contributed by atoms with Crippen LogP contribution in [-0.2, 0) is 28.7 Å². The second-order valence-electron chi connectivity index (χ2n) is 13.6. The molecule has 6 N–H and O–H groups in total. The molecule has 0 fully saturated rings. The maximum Gasteiger partial charge on any atom is 0.407 e. The third kappa shape index (κ3) is 29.7. The van der Waals surface area contributed by atoms with Gasteiger partial charge >= 0.3 is 24.1 Å². The first-order valence-electron chi connectivity index (χ1n) is 16.7. The van der Waals surface area contributed by atoms with Crippen LogP contribution in [0.15, 0.2) is 0 Å². The zero-order valence-corrected chi connectivity index (χ0v) is 29.8. The minimum Gasteiger partial charge on any atom is -0.480 e. The Hall–Kier alpha value is -3.66. The van der Waals surface area contributed by atoms with Crippen LogP contribution >= 0.6 is 0 Å². The van der Waals surface area contributed by atoms with Crippen LogP contribution in [0, 0.1) is 0 Å². The number of hydrogen-bond donors (Lipinski definition) is 6. The first-order chi connectivity index (χ1) is 22.4. The minimum absolute atomic E-state index is 0.0717. The molecule has 0 aromatic heterocycles. The van der Waals surface area contributed by atoms with Crippen molar-refractivity contribution in [2.45, 2.75) is 104 Å². The van der Waals surface area contributed by atoms with Gasteiger partial charge in [-0.3, -0.25) is 29.0 Å². The number of carbonyl (C=O) groups excluding carboxylic acids is 4. The van der Waals surface area contributed by atoms with E-state index >= 15 is 0 Å². The molecule has 278 valence electrons. The molecule has 0 spiro atoms. The predicted octanol–water partition coefficient (Wildman–Crippen LogP) is 2.16. The van der Waals surface area contributed by atoms with Gasteiger partial charge in [0.05, 0.1) is 26.2 Å². The molecule has 0 rings (SSSR count). The number of nitrogens with zero attached hydrogens (tertiary/aromatic N) is 2. The third-order valence-corrected chi connectivity index (χ3v) is 6.37. The van der Waals surface area contributed by atoms with Crippen molar-refractivity contribution in [3.8, 4) is 0 Å². The number of nitrogens with one attached hydrogen (secondary N) is 4. The normalized spacial score (nSPS) is 11.6. The second-order valence-corrected chi connectivity index (χ2v) is 13.6. The average Bonchev–Trinajstić information content (AvgIpc) is 2.91. The number of ether oxygens (including phenoxy) is 2. The number of carbonyl (C=O) groups is 6. The summed E-state index contributed by atoms with van der Waals surface area (Å²) in [5.74, 6) is -2.98.